The highest BCUT2D eigenvalue weighted by molar-refractivity contribution is 7.09. The smallest absolute Gasteiger partial charge is 0.124 e. The Balaban J connectivity index is 2.09. The lowest BCUT2D eigenvalue weighted by atomic mass is 10.1. The quantitative estimate of drug-likeness (QED) is 0.881. The van der Waals surface area contributed by atoms with Crippen molar-refractivity contribution in [3.05, 3.63) is 40.3 Å². The summed E-state index contributed by atoms with van der Waals surface area (Å²) in [6.07, 6.45) is 1.80. The molecule has 2 atom stereocenters. The van der Waals surface area contributed by atoms with Gasteiger partial charge in [0.15, 0.2) is 0 Å². The highest BCUT2D eigenvalue weighted by Gasteiger charge is 2.15. The van der Waals surface area contributed by atoms with Gasteiger partial charge in [-0.15, -0.1) is 11.3 Å². The molecule has 2 N–H and O–H groups in total. The molecule has 0 spiro atoms. The fourth-order valence-electron chi connectivity index (χ4n) is 2.00. The van der Waals surface area contributed by atoms with Crippen molar-refractivity contribution >= 4 is 11.3 Å². The van der Waals surface area contributed by atoms with Crippen molar-refractivity contribution in [1.82, 2.24) is 10.3 Å². The molecular formula is C14H18N2O2S. The topological polar surface area (TPSA) is 54.4 Å². The van der Waals surface area contributed by atoms with Crippen LogP contribution >= 0.6 is 11.3 Å². The van der Waals surface area contributed by atoms with Crippen LogP contribution in [0.25, 0.3) is 0 Å². The molecule has 0 bridgehead atoms. The molecule has 4 nitrogen and oxygen atoms in total. The summed E-state index contributed by atoms with van der Waals surface area (Å²) in [5.41, 5.74) is 0.851. The molecule has 0 aliphatic rings. The average molecular weight is 278 g/mol. The zero-order chi connectivity index (χ0) is 13.8. The van der Waals surface area contributed by atoms with Crippen LogP contribution in [0.15, 0.2) is 29.8 Å². The van der Waals surface area contributed by atoms with E-state index < -0.39 is 0 Å². The van der Waals surface area contributed by atoms with E-state index in [0.717, 1.165) is 10.6 Å². The molecule has 2 aromatic rings. The van der Waals surface area contributed by atoms with Crippen molar-refractivity contribution in [2.45, 2.75) is 25.9 Å². The largest absolute Gasteiger partial charge is 0.507 e. The lowest BCUT2D eigenvalue weighted by Crippen LogP contribution is -2.22. The summed E-state index contributed by atoms with van der Waals surface area (Å²) in [5, 5.41) is 16.4. The van der Waals surface area contributed by atoms with E-state index in [2.05, 4.69) is 17.2 Å². The Morgan fingerprint density at radius 3 is 2.68 bits per heavy atom. The maximum absolute atomic E-state index is 10.0. The molecular weight excluding hydrogens is 260 g/mol. The summed E-state index contributed by atoms with van der Waals surface area (Å²) in [5.74, 6) is 0.895. The van der Waals surface area contributed by atoms with Crippen molar-refractivity contribution in [3.8, 4) is 11.5 Å². The minimum atomic E-state index is 0.0322. The number of thiazole rings is 1. The molecule has 0 saturated heterocycles. The van der Waals surface area contributed by atoms with Gasteiger partial charge in [0.2, 0.25) is 0 Å². The van der Waals surface area contributed by atoms with E-state index in [9.17, 15) is 5.11 Å². The van der Waals surface area contributed by atoms with Gasteiger partial charge >= 0.3 is 0 Å². The Labute approximate surface area is 117 Å². The van der Waals surface area contributed by atoms with Crippen LogP contribution in [-0.2, 0) is 0 Å². The standard InChI is InChI=1S/C14H18N2O2S/c1-9(16-10(2)14-15-6-7-19-14)12-5-4-11(18-3)8-13(12)17/h4-10,16-17H,1-3H3. The van der Waals surface area contributed by atoms with Crippen LogP contribution in [-0.4, -0.2) is 17.2 Å². The highest BCUT2D eigenvalue weighted by Crippen LogP contribution is 2.30. The summed E-state index contributed by atoms with van der Waals surface area (Å²) in [7, 11) is 1.58. The van der Waals surface area contributed by atoms with Crippen LogP contribution in [0.5, 0.6) is 11.5 Å². The maximum atomic E-state index is 10.0. The van der Waals surface area contributed by atoms with Gasteiger partial charge in [-0.1, -0.05) is 6.07 Å². The van der Waals surface area contributed by atoms with Crippen molar-refractivity contribution in [1.29, 1.82) is 0 Å². The molecule has 0 radical (unpaired) electrons. The Morgan fingerprint density at radius 1 is 1.32 bits per heavy atom. The number of methoxy groups -OCH3 is 1. The molecule has 0 aliphatic heterocycles. The van der Waals surface area contributed by atoms with E-state index in [4.69, 9.17) is 4.74 Å². The molecule has 0 amide bonds. The van der Waals surface area contributed by atoms with Crippen molar-refractivity contribution in [3.63, 3.8) is 0 Å². The predicted molar refractivity (Wildman–Crippen MR) is 76.7 cm³/mol. The van der Waals surface area contributed by atoms with Gasteiger partial charge in [0.25, 0.3) is 0 Å². The van der Waals surface area contributed by atoms with Gasteiger partial charge in [-0.05, 0) is 19.9 Å². The lowest BCUT2D eigenvalue weighted by Gasteiger charge is -2.20. The van der Waals surface area contributed by atoms with Crippen LogP contribution in [0, 0.1) is 0 Å². The van der Waals surface area contributed by atoms with Crippen molar-refractivity contribution in [2.75, 3.05) is 7.11 Å². The number of aromatic nitrogens is 1. The number of phenols is 1. The molecule has 2 unspecified atom stereocenters. The van der Waals surface area contributed by atoms with E-state index in [-0.39, 0.29) is 17.8 Å². The van der Waals surface area contributed by atoms with E-state index in [1.54, 1.807) is 30.7 Å². The van der Waals surface area contributed by atoms with Crippen LogP contribution in [0.2, 0.25) is 0 Å². The second kappa shape index (κ2) is 6.04. The average Bonchev–Trinajstić information content (AvgIpc) is 2.92. The first-order chi connectivity index (χ1) is 9.11. The number of phenolic OH excluding ortho intramolecular Hbond substituents is 1. The Morgan fingerprint density at radius 2 is 2.11 bits per heavy atom. The van der Waals surface area contributed by atoms with Crippen LogP contribution in [0.3, 0.4) is 0 Å². The monoisotopic (exact) mass is 278 g/mol. The van der Waals surface area contributed by atoms with E-state index >= 15 is 0 Å². The zero-order valence-electron chi connectivity index (χ0n) is 11.3. The lowest BCUT2D eigenvalue weighted by molar-refractivity contribution is 0.402. The second-order valence-corrected chi connectivity index (χ2v) is 5.33. The normalized spacial score (nSPS) is 14.1. The van der Waals surface area contributed by atoms with E-state index in [1.165, 1.54) is 0 Å². The van der Waals surface area contributed by atoms with Crippen molar-refractivity contribution in [2.24, 2.45) is 0 Å². The second-order valence-electron chi connectivity index (χ2n) is 4.41. The van der Waals surface area contributed by atoms with Gasteiger partial charge in [0.1, 0.15) is 16.5 Å². The van der Waals surface area contributed by atoms with Gasteiger partial charge in [-0.2, -0.15) is 0 Å². The third-order valence-corrected chi connectivity index (χ3v) is 3.98. The number of rotatable bonds is 5. The first kappa shape index (κ1) is 13.8. The van der Waals surface area contributed by atoms with Gasteiger partial charge < -0.3 is 15.2 Å². The fourth-order valence-corrected chi connectivity index (χ4v) is 2.66. The molecule has 5 heteroatoms. The van der Waals surface area contributed by atoms with Gasteiger partial charge in [-0.25, -0.2) is 4.98 Å². The minimum absolute atomic E-state index is 0.0322. The van der Waals surface area contributed by atoms with Gasteiger partial charge in [0, 0.05) is 29.2 Å². The summed E-state index contributed by atoms with van der Waals surface area (Å²) >= 11 is 1.62. The summed E-state index contributed by atoms with van der Waals surface area (Å²) in [6, 6.07) is 5.53. The van der Waals surface area contributed by atoms with Crippen LogP contribution < -0.4 is 10.1 Å². The van der Waals surface area contributed by atoms with E-state index in [0.29, 0.717) is 5.75 Å². The molecule has 1 heterocycles. The molecule has 1 aromatic carbocycles. The highest BCUT2D eigenvalue weighted by atomic mass is 32.1. The number of aromatic hydroxyl groups is 1. The SMILES string of the molecule is COc1ccc(C(C)NC(C)c2nccs2)c(O)c1. The van der Waals surface area contributed by atoms with Gasteiger partial charge in [0.05, 0.1) is 13.2 Å². The third-order valence-electron chi connectivity index (χ3n) is 3.03. The number of hydrogen-bond donors (Lipinski definition) is 2. The fraction of sp³-hybridized carbons (Fsp3) is 0.357. The number of nitrogens with zero attached hydrogens (tertiary/aromatic N) is 1. The molecule has 0 fully saturated rings. The number of nitrogens with one attached hydrogen (secondary N) is 1. The Kier molecular flexibility index (Phi) is 4.39. The third kappa shape index (κ3) is 3.24. The van der Waals surface area contributed by atoms with Crippen LogP contribution in [0.1, 0.15) is 36.5 Å². The number of ether oxygens (including phenoxy) is 1. The minimum Gasteiger partial charge on any atom is -0.507 e. The van der Waals surface area contributed by atoms with E-state index in [1.807, 2.05) is 24.4 Å². The summed E-state index contributed by atoms with van der Waals surface area (Å²) in [6.45, 7) is 4.08. The molecule has 1 aromatic heterocycles. The summed E-state index contributed by atoms with van der Waals surface area (Å²) < 4.78 is 5.08. The molecule has 102 valence electrons. The maximum Gasteiger partial charge on any atom is 0.124 e. The van der Waals surface area contributed by atoms with Crippen LogP contribution in [0.4, 0.5) is 0 Å². The molecule has 0 aliphatic carbocycles. The van der Waals surface area contributed by atoms with Crippen molar-refractivity contribution < 1.29 is 9.84 Å². The first-order valence-corrected chi connectivity index (χ1v) is 7.02. The Hall–Kier alpha value is -1.59. The zero-order valence-corrected chi connectivity index (χ0v) is 12.1. The predicted octanol–water partition coefficient (Wildman–Crippen LogP) is 3.27. The Bertz CT molecular complexity index is 528. The van der Waals surface area contributed by atoms with Gasteiger partial charge in [-0.3, -0.25) is 0 Å². The molecule has 0 saturated carbocycles. The number of hydrogen-bond acceptors (Lipinski definition) is 5. The molecule has 2 rings (SSSR count). The summed E-state index contributed by atoms with van der Waals surface area (Å²) in [4.78, 5) is 4.29. The molecule has 19 heavy (non-hydrogen) atoms. The number of benzene rings is 1. The first-order valence-electron chi connectivity index (χ1n) is 6.14.